The number of carbonyl (C=O) groups excluding carboxylic acids is 2. The first kappa shape index (κ1) is 22.6. The van der Waals surface area contributed by atoms with E-state index >= 15 is 0 Å². The average Bonchev–Trinajstić information content (AvgIpc) is 3.39. The number of esters is 1. The van der Waals surface area contributed by atoms with Crippen molar-refractivity contribution in [2.24, 2.45) is 5.73 Å². The van der Waals surface area contributed by atoms with Crippen LogP contribution < -0.4 is 5.73 Å². The Hall–Kier alpha value is -3.15. The molecule has 34 heavy (non-hydrogen) atoms. The van der Waals surface area contributed by atoms with E-state index in [2.05, 4.69) is 20.6 Å². The van der Waals surface area contributed by atoms with Crippen LogP contribution in [-0.4, -0.2) is 59.8 Å². The quantitative estimate of drug-likeness (QED) is 0.289. The summed E-state index contributed by atoms with van der Waals surface area (Å²) in [7, 11) is 0. The predicted molar refractivity (Wildman–Crippen MR) is 128 cm³/mol. The van der Waals surface area contributed by atoms with E-state index in [1.54, 1.807) is 11.8 Å². The van der Waals surface area contributed by atoms with E-state index in [4.69, 9.17) is 10.5 Å². The number of benzene rings is 2. The molecular weight excluding hydrogens is 472 g/mol. The number of nitrogens with two attached hydrogens (primary N) is 1. The Kier molecular flexibility index (Phi) is 6.40. The van der Waals surface area contributed by atoms with Crippen LogP contribution in [0.3, 0.4) is 0 Å². The van der Waals surface area contributed by atoms with Gasteiger partial charge in [0.15, 0.2) is 6.10 Å². The van der Waals surface area contributed by atoms with Crippen LogP contribution in [0.2, 0.25) is 0 Å². The average molecular weight is 495 g/mol. The maximum Gasteiger partial charge on any atom is 0.356 e. The molecule has 11 heteroatoms. The van der Waals surface area contributed by atoms with Crippen molar-refractivity contribution in [3.8, 4) is 0 Å². The molecule has 3 N–H and O–H groups in total. The second kappa shape index (κ2) is 9.61. The van der Waals surface area contributed by atoms with Crippen molar-refractivity contribution in [3.63, 3.8) is 0 Å². The molecule has 0 radical (unpaired) electrons. The van der Waals surface area contributed by atoms with Crippen molar-refractivity contribution in [3.05, 3.63) is 83.1 Å². The molecule has 2 aromatic carbocycles. The number of ether oxygens (including phenoxy) is 1. The van der Waals surface area contributed by atoms with Gasteiger partial charge in [-0.2, -0.15) is 5.21 Å². The van der Waals surface area contributed by atoms with Gasteiger partial charge in [-0.25, -0.2) is 4.79 Å². The number of tetrazole rings is 1. The van der Waals surface area contributed by atoms with E-state index < -0.39 is 18.1 Å². The normalized spacial score (nSPS) is 20.7. The summed E-state index contributed by atoms with van der Waals surface area (Å²) >= 11 is 2.90. The fourth-order valence-corrected chi connectivity index (χ4v) is 6.38. The zero-order valence-electron chi connectivity index (χ0n) is 18.2. The van der Waals surface area contributed by atoms with Crippen LogP contribution in [-0.2, 0) is 14.3 Å². The van der Waals surface area contributed by atoms with Crippen LogP contribution in [0.15, 0.2) is 77.1 Å². The number of aromatic nitrogens is 4. The molecule has 0 bridgehead atoms. The summed E-state index contributed by atoms with van der Waals surface area (Å²) in [5, 5.41) is 14.0. The van der Waals surface area contributed by atoms with Gasteiger partial charge in [-0.15, -0.1) is 22.0 Å². The van der Waals surface area contributed by atoms with E-state index in [1.807, 2.05) is 67.6 Å². The summed E-state index contributed by atoms with van der Waals surface area (Å²) in [6.45, 7) is 1.95. The van der Waals surface area contributed by atoms with Crippen LogP contribution >= 0.6 is 23.5 Å². The second-order valence-electron chi connectivity index (χ2n) is 7.87. The molecule has 0 saturated carbocycles. The molecule has 1 aromatic heterocycles. The lowest BCUT2D eigenvalue weighted by atomic mass is 10.0. The first-order valence-electron chi connectivity index (χ1n) is 10.7. The van der Waals surface area contributed by atoms with Crippen molar-refractivity contribution >= 4 is 35.4 Å². The zero-order chi connectivity index (χ0) is 23.7. The van der Waals surface area contributed by atoms with Crippen LogP contribution in [0.4, 0.5) is 0 Å². The molecule has 5 rings (SSSR count). The number of nitrogens with one attached hydrogen (secondary N) is 1. The number of carbonyl (C=O) groups is 2. The molecule has 3 aromatic rings. The summed E-state index contributed by atoms with van der Waals surface area (Å²) in [4.78, 5) is 27.9. The van der Waals surface area contributed by atoms with Crippen molar-refractivity contribution in [1.29, 1.82) is 0 Å². The minimum absolute atomic E-state index is 0.190. The highest BCUT2D eigenvalue weighted by Gasteiger charge is 2.52. The zero-order valence-corrected chi connectivity index (χ0v) is 19.8. The van der Waals surface area contributed by atoms with Crippen LogP contribution in [0.25, 0.3) is 0 Å². The van der Waals surface area contributed by atoms with Gasteiger partial charge in [0, 0.05) is 11.0 Å². The monoisotopic (exact) mass is 494 g/mol. The minimum atomic E-state index is -0.631. The molecule has 1 fully saturated rings. The van der Waals surface area contributed by atoms with Crippen LogP contribution in [0, 0.1) is 0 Å². The number of fused-ring (bicyclic) bond motifs is 1. The Bertz CT molecular complexity index is 1170. The SMILES string of the molecule is CC(Sc1nn[nH]n1)C1=C(C(=O)OC(c2ccccc2)c2ccccc2)N2C(=O)C(N)[C@H]2SC1. The fourth-order valence-electron chi connectivity index (χ4n) is 4.02. The molecule has 1 amide bonds. The van der Waals surface area contributed by atoms with Gasteiger partial charge in [0.2, 0.25) is 11.1 Å². The van der Waals surface area contributed by atoms with Gasteiger partial charge in [-0.3, -0.25) is 9.69 Å². The van der Waals surface area contributed by atoms with Gasteiger partial charge in [-0.05, 0) is 28.8 Å². The van der Waals surface area contributed by atoms with Crippen molar-refractivity contribution in [2.45, 2.75) is 34.8 Å². The lowest BCUT2D eigenvalue weighted by Crippen LogP contribution is -2.68. The molecule has 3 atom stereocenters. The molecule has 2 unspecified atom stereocenters. The maximum atomic E-state index is 13.7. The van der Waals surface area contributed by atoms with E-state index in [1.165, 1.54) is 16.7 Å². The molecule has 1 saturated heterocycles. The largest absolute Gasteiger partial charge is 0.448 e. The van der Waals surface area contributed by atoms with Gasteiger partial charge in [0.05, 0.1) is 0 Å². The Morgan fingerprint density at radius 1 is 1.18 bits per heavy atom. The number of thioether (sulfide) groups is 2. The van der Waals surface area contributed by atoms with Gasteiger partial charge in [0.25, 0.3) is 0 Å². The molecule has 9 nitrogen and oxygen atoms in total. The lowest BCUT2D eigenvalue weighted by molar-refractivity contribution is -0.153. The number of hydrogen-bond acceptors (Lipinski definition) is 9. The number of nitrogens with zero attached hydrogens (tertiary/aromatic N) is 4. The lowest BCUT2D eigenvalue weighted by Gasteiger charge is -2.49. The van der Waals surface area contributed by atoms with Gasteiger partial charge in [-0.1, -0.05) is 72.4 Å². The number of hydrogen-bond donors (Lipinski definition) is 2. The smallest absolute Gasteiger partial charge is 0.356 e. The van der Waals surface area contributed by atoms with E-state index in [0.717, 1.165) is 16.7 Å². The molecule has 2 aliphatic heterocycles. The summed E-state index contributed by atoms with van der Waals surface area (Å²) in [5.74, 6) is -0.298. The number of rotatable bonds is 7. The molecule has 174 valence electrons. The molecule has 0 aliphatic carbocycles. The third-order valence-corrected chi connectivity index (χ3v) is 8.11. The van der Waals surface area contributed by atoms with Crippen molar-refractivity contribution in [2.75, 3.05) is 5.75 Å². The number of H-pyrrole nitrogens is 1. The highest BCUT2D eigenvalue weighted by atomic mass is 32.2. The maximum absolute atomic E-state index is 13.7. The third-order valence-electron chi connectivity index (χ3n) is 5.76. The second-order valence-corrected chi connectivity index (χ2v) is 10.3. The Labute approximate surface area is 204 Å². The highest BCUT2D eigenvalue weighted by Crippen LogP contribution is 2.43. The van der Waals surface area contributed by atoms with E-state index in [9.17, 15) is 9.59 Å². The Morgan fingerprint density at radius 2 is 1.82 bits per heavy atom. The third kappa shape index (κ3) is 4.22. The summed E-state index contributed by atoms with van der Waals surface area (Å²) in [5.41, 5.74) is 8.75. The topological polar surface area (TPSA) is 127 Å². The van der Waals surface area contributed by atoms with Crippen LogP contribution in [0.5, 0.6) is 0 Å². The summed E-state index contributed by atoms with van der Waals surface area (Å²) < 4.78 is 6.11. The number of aromatic amines is 1. The Morgan fingerprint density at radius 3 is 2.41 bits per heavy atom. The number of β-lactam (4-membered cyclic amide) rings is 1. The van der Waals surface area contributed by atoms with Crippen molar-refractivity contribution < 1.29 is 14.3 Å². The molecule has 2 aliphatic rings. The van der Waals surface area contributed by atoms with E-state index in [-0.39, 0.29) is 22.2 Å². The highest BCUT2D eigenvalue weighted by molar-refractivity contribution is 8.01. The summed E-state index contributed by atoms with van der Waals surface area (Å²) in [6, 6.07) is 18.5. The predicted octanol–water partition coefficient (Wildman–Crippen LogP) is 2.51. The minimum Gasteiger partial charge on any atom is -0.448 e. The molecule has 3 heterocycles. The Balaban J connectivity index is 1.51. The van der Waals surface area contributed by atoms with Crippen molar-refractivity contribution in [1.82, 2.24) is 25.5 Å². The van der Waals surface area contributed by atoms with Gasteiger partial charge < -0.3 is 10.5 Å². The fraction of sp³-hybridized carbons (Fsp3) is 0.261. The van der Waals surface area contributed by atoms with Gasteiger partial charge in [0.1, 0.15) is 17.1 Å². The van der Waals surface area contributed by atoms with E-state index in [0.29, 0.717) is 10.9 Å². The first-order chi connectivity index (χ1) is 16.5. The first-order valence-corrected chi connectivity index (χ1v) is 12.6. The van der Waals surface area contributed by atoms with Crippen LogP contribution in [0.1, 0.15) is 24.2 Å². The molecule has 0 spiro atoms. The number of amides is 1. The standard InChI is InChI=1S/C23H22N6O3S2/c1-13(34-23-25-27-28-26-23)16-12-33-21-17(24)20(30)29(21)18(16)22(31)32-19(14-8-4-2-5-9-14)15-10-6-3-7-11-15/h2-11,13,17,19,21H,12,24H2,1H3,(H,25,26,27,28)/t13?,17?,21-/m1/s1. The van der Waals surface area contributed by atoms with Gasteiger partial charge >= 0.3 is 5.97 Å². The summed E-state index contributed by atoms with van der Waals surface area (Å²) in [6.07, 6.45) is -0.623. The molecular formula is C23H22N6O3S2.